The van der Waals surface area contributed by atoms with Crippen LogP contribution < -0.4 is 4.74 Å². The number of Topliss-reactive ketones (excluding diaryl/α,β-unsaturated/α-hetero) is 1. The van der Waals surface area contributed by atoms with E-state index in [4.69, 9.17) is 9.47 Å². The topological polar surface area (TPSA) is 52.6 Å². The second-order valence-electron chi connectivity index (χ2n) is 3.74. The molecule has 1 aromatic carbocycles. The van der Waals surface area contributed by atoms with Gasteiger partial charge in [0.25, 0.3) is 0 Å². The second kappa shape index (κ2) is 6.59. The normalized spacial score (nSPS) is 11.4. The Morgan fingerprint density at radius 3 is 2.56 bits per heavy atom. The summed E-state index contributed by atoms with van der Waals surface area (Å²) in [5, 5.41) is 0. The van der Waals surface area contributed by atoms with Crippen LogP contribution in [0.5, 0.6) is 5.75 Å². The SMILES string of the molecule is C=CCOc1ccccc1C(OC(C)=O)C(C)=O. The Morgan fingerprint density at radius 2 is 2.00 bits per heavy atom. The van der Waals surface area contributed by atoms with Crippen molar-refractivity contribution in [3.63, 3.8) is 0 Å². The molecule has 1 aromatic rings. The van der Waals surface area contributed by atoms with Crippen LogP contribution in [0.2, 0.25) is 0 Å². The zero-order valence-electron chi connectivity index (χ0n) is 10.5. The van der Waals surface area contributed by atoms with Gasteiger partial charge in [-0.05, 0) is 13.0 Å². The van der Waals surface area contributed by atoms with Crippen LogP contribution in [0.15, 0.2) is 36.9 Å². The van der Waals surface area contributed by atoms with Gasteiger partial charge >= 0.3 is 5.97 Å². The lowest BCUT2D eigenvalue weighted by atomic mass is 10.1. The average molecular weight is 248 g/mol. The van der Waals surface area contributed by atoms with Crippen molar-refractivity contribution in [2.24, 2.45) is 0 Å². The Hall–Kier alpha value is -2.10. The van der Waals surface area contributed by atoms with Crippen LogP contribution in [0.25, 0.3) is 0 Å². The fourth-order valence-electron chi connectivity index (χ4n) is 1.51. The number of benzene rings is 1. The summed E-state index contributed by atoms with van der Waals surface area (Å²) in [6, 6.07) is 6.97. The summed E-state index contributed by atoms with van der Waals surface area (Å²) >= 11 is 0. The maximum atomic E-state index is 11.6. The molecule has 0 aliphatic rings. The van der Waals surface area contributed by atoms with Crippen LogP contribution in [0, 0.1) is 0 Å². The Balaban J connectivity index is 3.06. The van der Waals surface area contributed by atoms with E-state index in [1.807, 2.05) is 0 Å². The van der Waals surface area contributed by atoms with Crippen molar-refractivity contribution in [2.75, 3.05) is 6.61 Å². The number of ketones is 1. The monoisotopic (exact) mass is 248 g/mol. The molecule has 0 saturated carbocycles. The number of ether oxygens (including phenoxy) is 2. The molecule has 1 rings (SSSR count). The molecular formula is C14H16O4. The molecule has 0 amide bonds. The highest BCUT2D eigenvalue weighted by Gasteiger charge is 2.23. The van der Waals surface area contributed by atoms with E-state index in [0.717, 1.165) is 0 Å². The molecule has 0 heterocycles. The molecule has 0 aliphatic heterocycles. The molecule has 0 radical (unpaired) electrons. The highest BCUT2D eigenvalue weighted by atomic mass is 16.5. The van der Waals surface area contributed by atoms with E-state index in [1.165, 1.54) is 13.8 Å². The van der Waals surface area contributed by atoms with Gasteiger partial charge in [-0.3, -0.25) is 9.59 Å². The number of carbonyl (C=O) groups excluding carboxylic acids is 2. The Kier molecular flexibility index (Phi) is 5.11. The molecule has 0 aromatic heterocycles. The van der Waals surface area contributed by atoms with Crippen LogP contribution in [-0.2, 0) is 14.3 Å². The number of hydrogen-bond donors (Lipinski definition) is 0. The van der Waals surface area contributed by atoms with Gasteiger partial charge in [-0.25, -0.2) is 0 Å². The van der Waals surface area contributed by atoms with Gasteiger partial charge in [0.2, 0.25) is 0 Å². The van der Waals surface area contributed by atoms with Crippen LogP contribution in [0.4, 0.5) is 0 Å². The lowest BCUT2D eigenvalue weighted by Crippen LogP contribution is -2.17. The third-order valence-corrected chi connectivity index (χ3v) is 2.21. The number of hydrogen-bond acceptors (Lipinski definition) is 4. The summed E-state index contributed by atoms with van der Waals surface area (Å²) in [4.78, 5) is 22.6. The van der Waals surface area contributed by atoms with Gasteiger partial charge in [0.1, 0.15) is 12.4 Å². The molecule has 4 heteroatoms. The lowest BCUT2D eigenvalue weighted by molar-refractivity contribution is -0.152. The van der Waals surface area contributed by atoms with Crippen molar-refractivity contribution in [3.8, 4) is 5.75 Å². The first-order chi connectivity index (χ1) is 8.56. The van der Waals surface area contributed by atoms with Crippen LogP contribution in [0.3, 0.4) is 0 Å². The molecule has 4 nitrogen and oxygen atoms in total. The number of rotatable bonds is 6. The van der Waals surface area contributed by atoms with Crippen molar-refractivity contribution in [1.29, 1.82) is 0 Å². The largest absolute Gasteiger partial charge is 0.489 e. The molecule has 1 unspecified atom stereocenters. The van der Waals surface area contributed by atoms with Gasteiger partial charge in [0.15, 0.2) is 11.9 Å². The smallest absolute Gasteiger partial charge is 0.303 e. The van der Waals surface area contributed by atoms with E-state index in [1.54, 1.807) is 30.3 Å². The zero-order valence-corrected chi connectivity index (χ0v) is 10.5. The van der Waals surface area contributed by atoms with Crippen molar-refractivity contribution in [2.45, 2.75) is 20.0 Å². The molecule has 0 aliphatic carbocycles. The molecule has 18 heavy (non-hydrogen) atoms. The number of carbonyl (C=O) groups is 2. The molecule has 96 valence electrons. The molecule has 1 atom stereocenters. The van der Waals surface area contributed by atoms with Crippen LogP contribution in [0.1, 0.15) is 25.5 Å². The quantitative estimate of drug-likeness (QED) is 0.573. The lowest BCUT2D eigenvalue weighted by Gasteiger charge is -2.17. The van der Waals surface area contributed by atoms with Gasteiger partial charge < -0.3 is 9.47 Å². The van der Waals surface area contributed by atoms with Crippen molar-refractivity contribution in [3.05, 3.63) is 42.5 Å². The van der Waals surface area contributed by atoms with Gasteiger partial charge in [-0.1, -0.05) is 30.9 Å². The Morgan fingerprint density at radius 1 is 1.33 bits per heavy atom. The first kappa shape index (κ1) is 14.0. The summed E-state index contributed by atoms with van der Waals surface area (Å²) in [5.74, 6) is -0.243. The molecule has 0 spiro atoms. The number of para-hydroxylation sites is 1. The minimum atomic E-state index is -0.927. The summed E-state index contributed by atoms with van der Waals surface area (Å²) in [6.45, 7) is 6.52. The van der Waals surface area contributed by atoms with Crippen LogP contribution >= 0.6 is 0 Å². The third-order valence-electron chi connectivity index (χ3n) is 2.21. The fourth-order valence-corrected chi connectivity index (χ4v) is 1.51. The van der Waals surface area contributed by atoms with Crippen molar-refractivity contribution in [1.82, 2.24) is 0 Å². The summed E-state index contributed by atoms with van der Waals surface area (Å²) in [7, 11) is 0. The molecular weight excluding hydrogens is 232 g/mol. The van der Waals surface area contributed by atoms with Gasteiger partial charge in [0.05, 0.1) is 0 Å². The minimum Gasteiger partial charge on any atom is -0.489 e. The van der Waals surface area contributed by atoms with Crippen molar-refractivity contribution < 1.29 is 19.1 Å². The predicted molar refractivity (Wildman–Crippen MR) is 67.3 cm³/mol. The predicted octanol–water partition coefficient (Wildman–Crippen LogP) is 2.44. The maximum Gasteiger partial charge on any atom is 0.303 e. The average Bonchev–Trinajstić information content (AvgIpc) is 2.33. The first-order valence-corrected chi connectivity index (χ1v) is 5.56. The summed E-state index contributed by atoms with van der Waals surface area (Å²) < 4.78 is 10.5. The van der Waals surface area contributed by atoms with Crippen molar-refractivity contribution >= 4 is 11.8 Å². The van der Waals surface area contributed by atoms with E-state index in [9.17, 15) is 9.59 Å². The number of esters is 1. The van der Waals surface area contributed by atoms with E-state index >= 15 is 0 Å². The minimum absolute atomic E-state index is 0.250. The standard InChI is InChI=1S/C14H16O4/c1-4-9-17-13-8-6-5-7-12(13)14(10(2)15)18-11(3)16/h4-8,14H,1,9H2,2-3H3. The molecule has 0 saturated heterocycles. The van der Waals surface area contributed by atoms with Crippen LogP contribution in [-0.4, -0.2) is 18.4 Å². The highest BCUT2D eigenvalue weighted by molar-refractivity contribution is 5.85. The molecule has 0 fully saturated rings. The van der Waals surface area contributed by atoms with E-state index in [-0.39, 0.29) is 5.78 Å². The van der Waals surface area contributed by atoms with E-state index in [2.05, 4.69) is 6.58 Å². The van der Waals surface area contributed by atoms with Gasteiger partial charge in [0, 0.05) is 12.5 Å². The summed E-state index contributed by atoms with van der Waals surface area (Å²) in [6.07, 6.45) is 0.675. The van der Waals surface area contributed by atoms with Gasteiger partial charge in [-0.15, -0.1) is 0 Å². The second-order valence-corrected chi connectivity index (χ2v) is 3.74. The Labute approximate surface area is 106 Å². The summed E-state index contributed by atoms with van der Waals surface area (Å²) in [5.41, 5.74) is 0.544. The van der Waals surface area contributed by atoms with Gasteiger partial charge in [-0.2, -0.15) is 0 Å². The third kappa shape index (κ3) is 3.73. The maximum absolute atomic E-state index is 11.6. The molecule has 0 bridgehead atoms. The van der Waals surface area contributed by atoms with E-state index in [0.29, 0.717) is 17.9 Å². The Bertz CT molecular complexity index is 451. The zero-order chi connectivity index (χ0) is 13.5. The molecule has 0 N–H and O–H groups in total. The first-order valence-electron chi connectivity index (χ1n) is 5.56. The highest BCUT2D eigenvalue weighted by Crippen LogP contribution is 2.28. The fraction of sp³-hybridized carbons (Fsp3) is 0.286. The van der Waals surface area contributed by atoms with E-state index < -0.39 is 12.1 Å².